The molecule has 0 amide bonds. The van der Waals surface area contributed by atoms with E-state index in [9.17, 15) is 0 Å². The van der Waals surface area contributed by atoms with E-state index in [1.807, 2.05) is 11.3 Å². The van der Waals surface area contributed by atoms with Gasteiger partial charge >= 0.3 is 0 Å². The second-order valence-electron chi connectivity index (χ2n) is 6.34. The molecule has 0 unspecified atom stereocenters. The van der Waals surface area contributed by atoms with Gasteiger partial charge in [-0.15, -0.1) is 21.5 Å². The largest absolute Gasteiger partial charge is 0.260 e. The number of aryl methyl sites for hydroxylation is 2. The van der Waals surface area contributed by atoms with Crippen LogP contribution >= 0.6 is 34.4 Å². The van der Waals surface area contributed by atoms with Crippen LogP contribution in [0.3, 0.4) is 0 Å². The molecule has 0 radical (unpaired) electrons. The Labute approximate surface area is 161 Å². The number of thiophene rings is 1. The zero-order valence-electron chi connectivity index (χ0n) is 13.7. The first kappa shape index (κ1) is 15.1. The van der Waals surface area contributed by atoms with Crippen molar-refractivity contribution in [3.05, 3.63) is 41.0 Å². The van der Waals surface area contributed by atoms with Crippen molar-refractivity contribution in [1.82, 2.24) is 24.6 Å². The molecule has 1 aliphatic carbocycles. The first-order chi connectivity index (χ1) is 12.9. The standard InChI is InChI=1S/C18H13N5S3/c1-3-7-12-10(5-1)14-15(24-12)19-9-20-16(14)26-18-22-21-17-23(18)11-6-2-4-8-13(11)25-17/h2,4,6,8-9H,1,3,5,7H2. The molecular formula is C18H13N5S3. The summed E-state index contributed by atoms with van der Waals surface area (Å²) >= 11 is 5.10. The van der Waals surface area contributed by atoms with E-state index in [1.165, 1.54) is 39.8 Å². The maximum atomic E-state index is 4.61. The second-order valence-corrected chi connectivity index (χ2v) is 9.39. The normalized spacial score (nSPS) is 14.5. The van der Waals surface area contributed by atoms with Gasteiger partial charge in [0, 0.05) is 10.3 Å². The van der Waals surface area contributed by atoms with Gasteiger partial charge in [0.25, 0.3) is 0 Å². The lowest BCUT2D eigenvalue weighted by molar-refractivity contribution is 0.699. The van der Waals surface area contributed by atoms with Crippen molar-refractivity contribution in [3.63, 3.8) is 0 Å². The van der Waals surface area contributed by atoms with Crippen LogP contribution in [0.25, 0.3) is 25.4 Å². The Bertz CT molecular complexity index is 1280. The number of hydrogen-bond donors (Lipinski definition) is 0. The highest BCUT2D eigenvalue weighted by Crippen LogP contribution is 2.41. The van der Waals surface area contributed by atoms with Crippen LogP contribution in [0.1, 0.15) is 23.3 Å². The van der Waals surface area contributed by atoms with Crippen molar-refractivity contribution in [2.75, 3.05) is 0 Å². The minimum absolute atomic E-state index is 0.869. The number of thiazole rings is 1. The molecule has 1 aromatic carbocycles. The summed E-state index contributed by atoms with van der Waals surface area (Å²) in [5.41, 5.74) is 2.60. The Balaban J connectivity index is 1.55. The van der Waals surface area contributed by atoms with Crippen molar-refractivity contribution in [2.24, 2.45) is 0 Å². The monoisotopic (exact) mass is 395 g/mol. The summed E-state index contributed by atoms with van der Waals surface area (Å²) in [6.07, 6.45) is 6.51. The SMILES string of the molecule is c1ccc2c(c1)sc1nnc(Sc3ncnc4sc5c(c34)CCCC5)n12. The highest BCUT2D eigenvalue weighted by atomic mass is 32.2. The molecule has 0 atom stereocenters. The van der Waals surface area contributed by atoms with E-state index in [4.69, 9.17) is 0 Å². The van der Waals surface area contributed by atoms with Gasteiger partial charge in [-0.1, -0.05) is 23.5 Å². The topological polar surface area (TPSA) is 56.0 Å². The van der Waals surface area contributed by atoms with Crippen LogP contribution in [0.15, 0.2) is 40.8 Å². The van der Waals surface area contributed by atoms with Gasteiger partial charge in [-0.05, 0) is 55.1 Å². The Hall–Kier alpha value is -2.03. The van der Waals surface area contributed by atoms with Crippen LogP contribution in [0.5, 0.6) is 0 Å². The zero-order chi connectivity index (χ0) is 17.1. The molecule has 1 aliphatic rings. The van der Waals surface area contributed by atoms with Gasteiger partial charge in [0.1, 0.15) is 16.2 Å². The average molecular weight is 396 g/mol. The summed E-state index contributed by atoms with van der Waals surface area (Å²) < 4.78 is 3.36. The highest BCUT2D eigenvalue weighted by Gasteiger charge is 2.22. The summed E-state index contributed by atoms with van der Waals surface area (Å²) in [6, 6.07) is 8.36. The molecule has 0 aliphatic heterocycles. The van der Waals surface area contributed by atoms with E-state index >= 15 is 0 Å². The quantitative estimate of drug-likeness (QED) is 0.395. The zero-order valence-corrected chi connectivity index (χ0v) is 16.1. The summed E-state index contributed by atoms with van der Waals surface area (Å²) in [6.45, 7) is 0. The third kappa shape index (κ3) is 2.15. The number of benzene rings is 1. The average Bonchev–Trinajstić information content (AvgIpc) is 3.34. The molecular weight excluding hydrogens is 382 g/mol. The summed E-state index contributed by atoms with van der Waals surface area (Å²) in [4.78, 5) is 12.7. The van der Waals surface area contributed by atoms with Crippen LogP contribution < -0.4 is 0 Å². The lowest BCUT2D eigenvalue weighted by atomic mass is 9.97. The Morgan fingerprint density at radius 2 is 1.92 bits per heavy atom. The first-order valence-electron chi connectivity index (χ1n) is 8.54. The molecule has 5 aromatic rings. The van der Waals surface area contributed by atoms with Crippen molar-refractivity contribution in [2.45, 2.75) is 35.9 Å². The van der Waals surface area contributed by atoms with Gasteiger partial charge in [-0.25, -0.2) is 9.97 Å². The van der Waals surface area contributed by atoms with Crippen LogP contribution in [0, 0.1) is 0 Å². The molecule has 0 saturated carbocycles. The van der Waals surface area contributed by atoms with Crippen molar-refractivity contribution < 1.29 is 0 Å². The lowest BCUT2D eigenvalue weighted by Gasteiger charge is -2.11. The van der Waals surface area contributed by atoms with Crippen molar-refractivity contribution in [1.29, 1.82) is 0 Å². The van der Waals surface area contributed by atoms with E-state index in [-0.39, 0.29) is 0 Å². The Morgan fingerprint density at radius 3 is 2.92 bits per heavy atom. The molecule has 6 rings (SSSR count). The molecule has 0 saturated heterocycles. The van der Waals surface area contributed by atoms with Gasteiger partial charge in [-0.2, -0.15) is 0 Å². The fraction of sp³-hybridized carbons (Fsp3) is 0.222. The van der Waals surface area contributed by atoms with Gasteiger partial charge < -0.3 is 0 Å². The summed E-state index contributed by atoms with van der Waals surface area (Å²) in [7, 11) is 0. The Morgan fingerprint density at radius 1 is 1.00 bits per heavy atom. The third-order valence-electron chi connectivity index (χ3n) is 4.82. The van der Waals surface area contributed by atoms with Gasteiger partial charge in [0.15, 0.2) is 0 Å². The summed E-state index contributed by atoms with van der Waals surface area (Å²) in [5.74, 6) is 0. The number of rotatable bonds is 2. The third-order valence-corrected chi connectivity index (χ3v) is 7.98. The molecule has 4 heterocycles. The maximum Gasteiger partial charge on any atom is 0.217 e. The van der Waals surface area contributed by atoms with E-state index in [0.717, 1.165) is 31.9 Å². The predicted octanol–water partition coefficient (Wildman–Crippen LogP) is 4.98. The minimum atomic E-state index is 0.869. The number of fused-ring (bicyclic) bond motifs is 6. The van der Waals surface area contributed by atoms with Crippen LogP contribution in [0.2, 0.25) is 0 Å². The molecule has 0 bridgehead atoms. The van der Waals surface area contributed by atoms with Gasteiger partial charge in [-0.3, -0.25) is 4.40 Å². The lowest BCUT2D eigenvalue weighted by Crippen LogP contribution is -1.99. The molecule has 0 spiro atoms. The Kier molecular flexibility index (Phi) is 3.32. The van der Waals surface area contributed by atoms with E-state index in [2.05, 4.69) is 48.8 Å². The highest BCUT2D eigenvalue weighted by molar-refractivity contribution is 7.99. The molecule has 26 heavy (non-hydrogen) atoms. The first-order valence-corrected chi connectivity index (χ1v) is 11.0. The van der Waals surface area contributed by atoms with E-state index in [1.54, 1.807) is 29.4 Å². The smallest absolute Gasteiger partial charge is 0.217 e. The minimum Gasteiger partial charge on any atom is -0.260 e. The predicted molar refractivity (Wildman–Crippen MR) is 107 cm³/mol. The van der Waals surface area contributed by atoms with Crippen molar-refractivity contribution >= 4 is 59.8 Å². The number of nitrogens with zero attached hydrogens (tertiary/aromatic N) is 5. The van der Waals surface area contributed by atoms with Gasteiger partial charge in [0.2, 0.25) is 10.1 Å². The van der Waals surface area contributed by atoms with Crippen LogP contribution in [0.4, 0.5) is 0 Å². The molecule has 0 fully saturated rings. The molecule has 4 aromatic heterocycles. The fourth-order valence-corrected chi connectivity index (χ4v) is 6.92. The molecule has 8 heteroatoms. The molecule has 128 valence electrons. The number of hydrogen-bond acceptors (Lipinski definition) is 7. The van der Waals surface area contributed by atoms with Gasteiger partial charge in [0.05, 0.1) is 10.2 Å². The van der Waals surface area contributed by atoms with E-state index < -0.39 is 0 Å². The molecule has 5 nitrogen and oxygen atoms in total. The fourth-order valence-electron chi connectivity index (χ4n) is 3.65. The van der Waals surface area contributed by atoms with Crippen LogP contribution in [-0.4, -0.2) is 24.6 Å². The van der Waals surface area contributed by atoms with Crippen molar-refractivity contribution in [3.8, 4) is 0 Å². The number of para-hydroxylation sites is 1. The second kappa shape index (κ2) is 5.73. The molecule has 0 N–H and O–H groups in total. The van der Waals surface area contributed by atoms with E-state index in [0.29, 0.717) is 0 Å². The van der Waals surface area contributed by atoms with Crippen LogP contribution in [-0.2, 0) is 12.8 Å². The number of aromatic nitrogens is 5. The summed E-state index contributed by atoms with van der Waals surface area (Å²) in [5, 5.41) is 11.9. The maximum absolute atomic E-state index is 4.61.